The number of anilines is 5. The molecule has 7 aromatic carbocycles. The van der Waals surface area contributed by atoms with Crippen LogP contribution in [0.15, 0.2) is 164 Å². The summed E-state index contributed by atoms with van der Waals surface area (Å²) >= 11 is 0. The maximum Gasteiger partial charge on any atom is 0.351 e. The van der Waals surface area contributed by atoms with E-state index in [9.17, 15) is 0 Å². The second-order valence-corrected chi connectivity index (χ2v) is 13.3. The van der Waals surface area contributed by atoms with Gasteiger partial charge in [-0.2, -0.15) is 0 Å². The van der Waals surface area contributed by atoms with Gasteiger partial charge < -0.3 is 18.8 Å². The van der Waals surface area contributed by atoms with Gasteiger partial charge >= 0.3 is 6.85 Å². The van der Waals surface area contributed by atoms with Crippen LogP contribution in [0.5, 0.6) is 0 Å². The number of hydrogen-bond donors (Lipinski definition) is 0. The monoisotopic (exact) mass is 622 g/mol. The number of nitrogens with zero attached hydrogens (tertiary/aromatic N) is 4. The fraction of sp³-hybridized carbons (Fsp3) is 0. The predicted octanol–water partition coefficient (Wildman–Crippen LogP) is 9.75. The summed E-state index contributed by atoms with van der Waals surface area (Å²) in [6.45, 7) is 0.0477. The quantitative estimate of drug-likeness (QED) is 0.179. The molecule has 4 nitrogen and oxygen atoms in total. The molecule has 9 aromatic rings. The lowest BCUT2D eigenvalue weighted by Crippen LogP contribution is -2.65. The molecule has 0 spiro atoms. The van der Waals surface area contributed by atoms with Crippen molar-refractivity contribution in [1.29, 1.82) is 0 Å². The number of aromatic nitrogens is 2. The van der Waals surface area contributed by atoms with Crippen LogP contribution in [-0.4, -0.2) is 16.0 Å². The molecule has 49 heavy (non-hydrogen) atoms. The Balaban J connectivity index is 1.16. The summed E-state index contributed by atoms with van der Waals surface area (Å²) < 4.78 is 4.93. The molecule has 5 heterocycles. The molecule has 5 heteroatoms. The van der Waals surface area contributed by atoms with Gasteiger partial charge in [-0.1, -0.05) is 97.1 Å². The van der Waals surface area contributed by atoms with Gasteiger partial charge in [-0.3, -0.25) is 0 Å². The SMILES string of the molecule is c1ccc2c(c1)-c1cccc3c1B1c4c(c5ccccc5n4-c4ccccc4N12)N3c1ccc(-n2c3ccccc3c3ccccc32)cc1. The number of hydrogen-bond acceptors (Lipinski definition) is 2. The summed E-state index contributed by atoms with van der Waals surface area (Å²) in [6, 6.07) is 60.3. The van der Waals surface area contributed by atoms with Crippen molar-refractivity contribution in [2.75, 3.05) is 9.71 Å². The fourth-order valence-corrected chi connectivity index (χ4v) is 9.16. The zero-order valence-electron chi connectivity index (χ0n) is 26.5. The Morgan fingerprint density at radius 2 is 0.898 bits per heavy atom. The van der Waals surface area contributed by atoms with E-state index in [1.807, 2.05) is 0 Å². The summed E-state index contributed by atoms with van der Waals surface area (Å²) in [5.74, 6) is 0. The predicted molar refractivity (Wildman–Crippen MR) is 205 cm³/mol. The normalized spacial score (nSPS) is 13.6. The van der Waals surface area contributed by atoms with Crippen molar-refractivity contribution in [1.82, 2.24) is 9.13 Å². The van der Waals surface area contributed by atoms with E-state index in [2.05, 4.69) is 183 Å². The summed E-state index contributed by atoms with van der Waals surface area (Å²) in [5.41, 5.74) is 17.5. The third kappa shape index (κ3) is 3.11. The van der Waals surface area contributed by atoms with Crippen LogP contribution in [0.1, 0.15) is 0 Å². The van der Waals surface area contributed by atoms with Crippen LogP contribution >= 0.6 is 0 Å². The molecule has 3 aliphatic rings. The zero-order chi connectivity index (χ0) is 31.8. The van der Waals surface area contributed by atoms with Crippen molar-refractivity contribution in [3.05, 3.63) is 164 Å². The number of benzene rings is 7. The molecule has 0 radical (unpaired) electrons. The Morgan fingerprint density at radius 1 is 0.367 bits per heavy atom. The summed E-state index contributed by atoms with van der Waals surface area (Å²) in [5, 5.41) is 3.81. The van der Waals surface area contributed by atoms with Crippen molar-refractivity contribution in [2.24, 2.45) is 0 Å². The number of para-hydroxylation sites is 6. The van der Waals surface area contributed by atoms with Crippen LogP contribution in [0, 0.1) is 0 Å². The zero-order valence-corrected chi connectivity index (χ0v) is 26.5. The standard InChI is InChI=1S/C44H27BN4/c1-5-17-35-30(12-1)31-13-2-6-18-36(31)46(35)28-24-26-29(27-25-28)47-41-23-11-16-33-32-14-3-8-20-38(32)49-40-22-10-9-21-39(40)48-37-19-7-4-15-34(37)43(47)44(48)45(49)42(33)41/h1-27H. The highest BCUT2D eigenvalue weighted by atomic mass is 15.2. The summed E-state index contributed by atoms with van der Waals surface area (Å²) in [6.07, 6.45) is 0. The van der Waals surface area contributed by atoms with E-state index >= 15 is 0 Å². The Bertz CT molecular complexity index is 2810. The topological polar surface area (TPSA) is 16.3 Å². The van der Waals surface area contributed by atoms with Gasteiger partial charge in [0.05, 0.1) is 33.6 Å². The van der Waals surface area contributed by atoms with Crippen LogP contribution in [-0.2, 0) is 0 Å². The minimum Gasteiger partial charge on any atom is -0.374 e. The van der Waals surface area contributed by atoms with E-state index < -0.39 is 0 Å². The number of rotatable bonds is 2. The third-order valence-electron chi connectivity index (χ3n) is 11.0. The summed E-state index contributed by atoms with van der Waals surface area (Å²) in [4.78, 5) is 5.12. The molecule has 0 amide bonds. The van der Waals surface area contributed by atoms with E-state index in [0.717, 1.165) is 11.4 Å². The minimum atomic E-state index is 0.0477. The smallest absolute Gasteiger partial charge is 0.351 e. The van der Waals surface area contributed by atoms with Crippen LogP contribution in [0.25, 0.3) is 55.2 Å². The highest BCUT2D eigenvalue weighted by Crippen LogP contribution is 2.51. The van der Waals surface area contributed by atoms with Crippen LogP contribution in [0.3, 0.4) is 0 Å². The maximum atomic E-state index is 2.59. The van der Waals surface area contributed by atoms with E-state index in [1.165, 1.54) is 83.3 Å². The average Bonchev–Trinajstić information content (AvgIpc) is 3.69. The highest BCUT2D eigenvalue weighted by Gasteiger charge is 2.50. The molecular weight excluding hydrogens is 595 g/mol. The molecular formula is C44H27BN4. The Kier molecular flexibility index (Phi) is 4.77. The number of fused-ring (bicyclic) bond motifs is 12. The minimum absolute atomic E-state index is 0.0477. The molecule has 0 bridgehead atoms. The molecule has 226 valence electrons. The van der Waals surface area contributed by atoms with Crippen molar-refractivity contribution >= 4 is 79.0 Å². The molecule has 0 aliphatic carbocycles. The second kappa shape index (κ2) is 9.12. The van der Waals surface area contributed by atoms with Gasteiger partial charge in [-0.25, -0.2) is 0 Å². The third-order valence-corrected chi connectivity index (χ3v) is 11.0. The van der Waals surface area contributed by atoms with Crippen molar-refractivity contribution in [3.8, 4) is 22.5 Å². The molecule has 0 atom stereocenters. The molecule has 0 saturated heterocycles. The molecule has 0 fully saturated rings. The first-order valence-corrected chi connectivity index (χ1v) is 17.0. The van der Waals surface area contributed by atoms with E-state index in [0.29, 0.717) is 0 Å². The first kappa shape index (κ1) is 25.6. The molecule has 0 unspecified atom stereocenters. The van der Waals surface area contributed by atoms with Crippen LogP contribution < -0.4 is 20.8 Å². The molecule has 12 rings (SSSR count). The Hall–Kier alpha value is -6.46. The maximum absolute atomic E-state index is 2.59. The van der Waals surface area contributed by atoms with Gasteiger partial charge in [-0.15, -0.1) is 0 Å². The molecule has 3 aliphatic heterocycles. The molecule has 0 saturated carbocycles. The van der Waals surface area contributed by atoms with Gasteiger partial charge in [-0.05, 0) is 77.8 Å². The van der Waals surface area contributed by atoms with Crippen molar-refractivity contribution in [2.45, 2.75) is 0 Å². The lowest BCUT2D eigenvalue weighted by atomic mass is 9.44. The van der Waals surface area contributed by atoms with E-state index in [1.54, 1.807) is 0 Å². The van der Waals surface area contributed by atoms with Gasteiger partial charge in [0.2, 0.25) is 0 Å². The summed E-state index contributed by atoms with van der Waals surface area (Å²) in [7, 11) is 0. The van der Waals surface area contributed by atoms with Gasteiger partial charge in [0, 0.05) is 50.1 Å². The Morgan fingerprint density at radius 3 is 1.63 bits per heavy atom. The van der Waals surface area contributed by atoms with Crippen LogP contribution in [0.2, 0.25) is 0 Å². The highest BCUT2D eigenvalue weighted by molar-refractivity contribution is 6.94. The average molecular weight is 623 g/mol. The van der Waals surface area contributed by atoms with Crippen LogP contribution in [0.4, 0.5) is 28.4 Å². The van der Waals surface area contributed by atoms with E-state index in [-0.39, 0.29) is 6.85 Å². The fourth-order valence-electron chi connectivity index (χ4n) is 9.16. The van der Waals surface area contributed by atoms with Gasteiger partial charge in [0.25, 0.3) is 0 Å². The lowest BCUT2D eigenvalue weighted by Gasteiger charge is -2.47. The molecule has 2 aromatic heterocycles. The molecule has 0 N–H and O–H groups in total. The Labute approximate surface area is 283 Å². The largest absolute Gasteiger partial charge is 0.374 e. The van der Waals surface area contributed by atoms with E-state index in [4.69, 9.17) is 0 Å². The van der Waals surface area contributed by atoms with Gasteiger partial charge in [0.15, 0.2) is 0 Å². The van der Waals surface area contributed by atoms with Crippen molar-refractivity contribution < 1.29 is 0 Å². The lowest BCUT2D eigenvalue weighted by molar-refractivity contribution is 1.11. The van der Waals surface area contributed by atoms with Gasteiger partial charge in [0.1, 0.15) is 0 Å². The first-order valence-electron chi connectivity index (χ1n) is 17.0. The first-order chi connectivity index (χ1) is 24.4. The second-order valence-electron chi connectivity index (χ2n) is 13.3. The van der Waals surface area contributed by atoms with Crippen molar-refractivity contribution in [3.63, 3.8) is 0 Å².